The van der Waals surface area contributed by atoms with Crippen LogP contribution in [0.2, 0.25) is 0 Å². The third kappa shape index (κ3) is 2.82. The van der Waals surface area contributed by atoms with E-state index in [4.69, 9.17) is 5.73 Å². The summed E-state index contributed by atoms with van der Waals surface area (Å²) in [5, 5.41) is 2.79. The molecule has 0 bridgehead atoms. The molecule has 0 aliphatic rings. The van der Waals surface area contributed by atoms with Crippen molar-refractivity contribution in [1.82, 2.24) is 9.97 Å². The standard InChI is InChI=1S/C11H10F2N4O/c12-11(13)18-8-4-2-1-3-7(8)17-10-9(14)15-5-6-16-10/h1-6,11H,(H2,14,15)(H,16,17). The highest BCUT2D eigenvalue weighted by Gasteiger charge is 2.10. The molecule has 0 amide bonds. The molecule has 1 aromatic carbocycles. The first-order chi connectivity index (χ1) is 8.66. The first-order valence-electron chi connectivity index (χ1n) is 5.04. The maximum absolute atomic E-state index is 12.2. The number of rotatable bonds is 4. The van der Waals surface area contributed by atoms with Gasteiger partial charge in [0.2, 0.25) is 0 Å². The first-order valence-corrected chi connectivity index (χ1v) is 5.04. The summed E-state index contributed by atoms with van der Waals surface area (Å²) in [6, 6.07) is 6.25. The number of aromatic nitrogens is 2. The number of nitrogen functional groups attached to an aromatic ring is 1. The van der Waals surface area contributed by atoms with Gasteiger partial charge in [-0.05, 0) is 12.1 Å². The average molecular weight is 252 g/mol. The van der Waals surface area contributed by atoms with E-state index >= 15 is 0 Å². The summed E-state index contributed by atoms with van der Waals surface area (Å²) in [6.07, 6.45) is 2.87. The number of ether oxygens (including phenoxy) is 1. The highest BCUT2D eigenvalue weighted by molar-refractivity contribution is 5.69. The van der Waals surface area contributed by atoms with Gasteiger partial charge < -0.3 is 15.8 Å². The maximum atomic E-state index is 12.2. The fourth-order valence-corrected chi connectivity index (χ4v) is 1.34. The number of nitrogens with two attached hydrogens (primary N) is 1. The Bertz CT molecular complexity index is 536. The van der Waals surface area contributed by atoms with Crippen LogP contribution in [-0.4, -0.2) is 16.6 Å². The number of anilines is 3. The molecular weight excluding hydrogens is 242 g/mol. The van der Waals surface area contributed by atoms with Crippen molar-refractivity contribution in [2.75, 3.05) is 11.1 Å². The monoisotopic (exact) mass is 252 g/mol. The van der Waals surface area contributed by atoms with Crippen LogP contribution in [0.15, 0.2) is 36.7 Å². The minimum atomic E-state index is -2.90. The minimum absolute atomic E-state index is 0.0116. The van der Waals surface area contributed by atoms with Gasteiger partial charge in [0.25, 0.3) is 0 Å². The number of alkyl halides is 2. The Hall–Kier alpha value is -2.44. The van der Waals surface area contributed by atoms with Gasteiger partial charge in [-0.2, -0.15) is 8.78 Å². The van der Waals surface area contributed by atoms with Gasteiger partial charge in [-0.1, -0.05) is 12.1 Å². The number of hydrogen-bond acceptors (Lipinski definition) is 5. The smallest absolute Gasteiger partial charge is 0.387 e. The van der Waals surface area contributed by atoms with Gasteiger partial charge in [0.05, 0.1) is 5.69 Å². The summed E-state index contributed by atoms with van der Waals surface area (Å²) in [5.74, 6) is 0.463. The van der Waals surface area contributed by atoms with Crippen LogP contribution in [0.3, 0.4) is 0 Å². The van der Waals surface area contributed by atoms with Gasteiger partial charge in [-0.25, -0.2) is 9.97 Å². The zero-order valence-corrected chi connectivity index (χ0v) is 9.18. The molecular formula is C11H10F2N4O. The van der Waals surface area contributed by atoms with Crippen molar-refractivity contribution in [1.29, 1.82) is 0 Å². The number of nitrogens with one attached hydrogen (secondary N) is 1. The minimum Gasteiger partial charge on any atom is -0.433 e. The van der Waals surface area contributed by atoms with E-state index in [1.807, 2.05) is 0 Å². The molecule has 0 unspecified atom stereocenters. The van der Waals surface area contributed by atoms with E-state index < -0.39 is 6.61 Å². The molecule has 3 N–H and O–H groups in total. The second kappa shape index (κ2) is 5.26. The number of hydrogen-bond donors (Lipinski definition) is 2. The van der Waals surface area contributed by atoms with E-state index in [2.05, 4.69) is 20.0 Å². The topological polar surface area (TPSA) is 73.1 Å². The van der Waals surface area contributed by atoms with Gasteiger partial charge in [0.1, 0.15) is 5.75 Å². The molecule has 0 atom stereocenters. The largest absolute Gasteiger partial charge is 0.433 e. The van der Waals surface area contributed by atoms with Gasteiger partial charge in [0.15, 0.2) is 11.6 Å². The molecule has 0 aliphatic carbocycles. The summed E-state index contributed by atoms with van der Waals surface area (Å²) >= 11 is 0. The lowest BCUT2D eigenvalue weighted by Gasteiger charge is -2.12. The SMILES string of the molecule is Nc1nccnc1Nc1ccccc1OC(F)F. The Balaban J connectivity index is 2.26. The molecule has 1 heterocycles. The van der Waals surface area contributed by atoms with Crippen molar-refractivity contribution in [2.24, 2.45) is 0 Å². The Morgan fingerprint density at radius 2 is 1.89 bits per heavy atom. The van der Waals surface area contributed by atoms with Gasteiger partial charge in [0, 0.05) is 12.4 Å². The van der Waals surface area contributed by atoms with E-state index in [0.717, 1.165) is 0 Å². The fraction of sp³-hybridized carbons (Fsp3) is 0.0909. The molecule has 2 aromatic rings. The van der Waals surface area contributed by atoms with Crippen molar-refractivity contribution in [3.05, 3.63) is 36.7 Å². The predicted octanol–water partition coefficient (Wildman–Crippen LogP) is 2.40. The third-order valence-electron chi connectivity index (χ3n) is 2.08. The third-order valence-corrected chi connectivity index (χ3v) is 2.08. The van der Waals surface area contributed by atoms with Crippen LogP contribution in [0.5, 0.6) is 5.75 Å². The van der Waals surface area contributed by atoms with Crippen LogP contribution < -0.4 is 15.8 Å². The van der Waals surface area contributed by atoms with E-state index in [9.17, 15) is 8.78 Å². The lowest BCUT2D eigenvalue weighted by atomic mass is 10.3. The average Bonchev–Trinajstić information content (AvgIpc) is 2.34. The van der Waals surface area contributed by atoms with Gasteiger partial charge in [-0.15, -0.1) is 0 Å². The molecule has 5 nitrogen and oxygen atoms in total. The summed E-state index contributed by atoms with van der Waals surface area (Å²) in [4.78, 5) is 7.78. The number of halogens is 2. The summed E-state index contributed by atoms with van der Waals surface area (Å²) < 4.78 is 28.8. The van der Waals surface area contributed by atoms with Crippen LogP contribution in [-0.2, 0) is 0 Å². The number of nitrogens with zero attached hydrogens (tertiary/aromatic N) is 2. The predicted molar refractivity (Wildman–Crippen MR) is 62.8 cm³/mol. The maximum Gasteiger partial charge on any atom is 0.387 e. The van der Waals surface area contributed by atoms with Crippen molar-refractivity contribution in [3.8, 4) is 5.75 Å². The number of benzene rings is 1. The molecule has 2 rings (SSSR count). The molecule has 0 aliphatic heterocycles. The molecule has 0 fully saturated rings. The Kier molecular flexibility index (Phi) is 3.52. The van der Waals surface area contributed by atoms with E-state index in [1.54, 1.807) is 18.2 Å². The quantitative estimate of drug-likeness (QED) is 0.874. The van der Waals surface area contributed by atoms with E-state index in [1.165, 1.54) is 18.5 Å². The molecule has 0 radical (unpaired) electrons. The van der Waals surface area contributed by atoms with Crippen LogP contribution in [0.25, 0.3) is 0 Å². The van der Waals surface area contributed by atoms with Crippen molar-refractivity contribution >= 4 is 17.3 Å². The number of para-hydroxylation sites is 2. The van der Waals surface area contributed by atoms with E-state index in [0.29, 0.717) is 5.69 Å². The van der Waals surface area contributed by atoms with Crippen molar-refractivity contribution in [2.45, 2.75) is 6.61 Å². The Morgan fingerprint density at radius 1 is 1.17 bits per heavy atom. The van der Waals surface area contributed by atoms with Crippen molar-refractivity contribution in [3.63, 3.8) is 0 Å². The normalized spacial score (nSPS) is 10.4. The van der Waals surface area contributed by atoms with E-state index in [-0.39, 0.29) is 17.4 Å². The molecule has 1 aromatic heterocycles. The molecule has 0 spiro atoms. The highest BCUT2D eigenvalue weighted by Crippen LogP contribution is 2.29. The Morgan fingerprint density at radius 3 is 2.61 bits per heavy atom. The zero-order valence-electron chi connectivity index (χ0n) is 9.18. The zero-order chi connectivity index (χ0) is 13.0. The van der Waals surface area contributed by atoms with Gasteiger partial charge >= 0.3 is 6.61 Å². The first kappa shape index (κ1) is 12.0. The van der Waals surface area contributed by atoms with Gasteiger partial charge in [-0.3, -0.25) is 0 Å². The second-order valence-electron chi connectivity index (χ2n) is 3.29. The fourth-order valence-electron chi connectivity index (χ4n) is 1.34. The van der Waals surface area contributed by atoms with Crippen LogP contribution in [0.1, 0.15) is 0 Å². The van der Waals surface area contributed by atoms with Crippen molar-refractivity contribution < 1.29 is 13.5 Å². The summed E-state index contributed by atoms with van der Waals surface area (Å²) in [5.41, 5.74) is 5.93. The molecule has 18 heavy (non-hydrogen) atoms. The highest BCUT2D eigenvalue weighted by atomic mass is 19.3. The molecule has 0 saturated carbocycles. The lowest BCUT2D eigenvalue weighted by Crippen LogP contribution is -2.06. The lowest BCUT2D eigenvalue weighted by molar-refractivity contribution is -0.0493. The summed E-state index contributed by atoms with van der Waals surface area (Å²) in [7, 11) is 0. The molecule has 7 heteroatoms. The van der Waals surface area contributed by atoms with Crippen LogP contribution >= 0.6 is 0 Å². The Labute approximate surface area is 102 Å². The van der Waals surface area contributed by atoms with Crippen LogP contribution in [0.4, 0.5) is 26.1 Å². The molecule has 0 saturated heterocycles. The summed E-state index contributed by atoms with van der Waals surface area (Å²) in [6.45, 7) is -2.90. The molecule has 94 valence electrons. The second-order valence-corrected chi connectivity index (χ2v) is 3.29. The van der Waals surface area contributed by atoms with Crippen LogP contribution in [0, 0.1) is 0 Å².